The van der Waals surface area contributed by atoms with Crippen LogP contribution in [0.3, 0.4) is 0 Å². The standard InChI is InChI=1S/C7H8FN3/c1-4-9-2-5-6(8)3-10-7(5)11-4/h2-3,5,7,10H,1H3. The zero-order chi connectivity index (χ0) is 7.84. The highest BCUT2D eigenvalue weighted by Gasteiger charge is 2.30. The van der Waals surface area contributed by atoms with Crippen LogP contribution in [0.25, 0.3) is 0 Å². The molecule has 0 bridgehead atoms. The maximum Gasteiger partial charge on any atom is 0.134 e. The molecule has 2 unspecified atom stereocenters. The molecule has 0 radical (unpaired) electrons. The number of fused-ring (bicyclic) bond motifs is 1. The molecule has 0 aromatic heterocycles. The lowest BCUT2D eigenvalue weighted by molar-refractivity contribution is 0.504. The molecule has 2 rings (SSSR count). The van der Waals surface area contributed by atoms with E-state index >= 15 is 0 Å². The summed E-state index contributed by atoms with van der Waals surface area (Å²) in [6, 6.07) is 0. The van der Waals surface area contributed by atoms with Gasteiger partial charge < -0.3 is 5.32 Å². The number of nitrogens with one attached hydrogen (secondary N) is 1. The molecule has 58 valence electrons. The van der Waals surface area contributed by atoms with Crippen molar-refractivity contribution in [3.05, 3.63) is 12.0 Å². The van der Waals surface area contributed by atoms with E-state index in [1.54, 1.807) is 13.1 Å². The highest BCUT2D eigenvalue weighted by atomic mass is 19.1. The third kappa shape index (κ3) is 0.943. The van der Waals surface area contributed by atoms with E-state index in [2.05, 4.69) is 15.3 Å². The molecule has 2 heterocycles. The van der Waals surface area contributed by atoms with E-state index in [1.807, 2.05) is 0 Å². The van der Waals surface area contributed by atoms with Crippen molar-refractivity contribution in [3.8, 4) is 0 Å². The van der Waals surface area contributed by atoms with Crippen LogP contribution in [0.15, 0.2) is 22.0 Å². The molecule has 0 aromatic carbocycles. The summed E-state index contributed by atoms with van der Waals surface area (Å²) in [6.07, 6.45) is 2.79. The molecular weight excluding hydrogens is 145 g/mol. The minimum Gasteiger partial charge on any atom is -0.367 e. The van der Waals surface area contributed by atoms with Gasteiger partial charge in [0.2, 0.25) is 0 Å². The van der Waals surface area contributed by atoms with Gasteiger partial charge in [0, 0.05) is 12.4 Å². The molecule has 0 aliphatic carbocycles. The zero-order valence-electron chi connectivity index (χ0n) is 6.08. The van der Waals surface area contributed by atoms with Crippen molar-refractivity contribution in [1.82, 2.24) is 5.32 Å². The van der Waals surface area contributed by atoms with Crippen LogP contribution in [-0.4, -0.2) is 18.2 Å². The van der Waals surface area contributed by atoms with Crippen LogP contribution in [0.4, 0.5) is 4.39 Å². The maximum atomic E-state index is 12.8. The Labute approximate surface area is 63.7 Å². The van der Waals surface area contributed by atoms with Crippen molar-refractivity contribution in [3.63, 3.8) is 0 Å². The molecule has 2 aliphatic rings. The number of hydrogen-bond donors (Lipinski definition) is 1. The lowest BCUT2D eigenvalue weighted by Gasteiger charge is -2.15. The number of aliphatic imine (C=N–C) groups is 2. The zero-order valence-corrected chi connectivity index (χ0v) is 6.08. The minimum atomic E-state index is -0.279. The average molecular weight is 153 g/mol. The Morgan fingerprint density at radius 2 is 2.45 bits per heavy atom. The molecule has 2 aliphatic heterocycles. The lowest BCUT2D eigenvalue weighted by Crippen LogP contribution is -2.29. The Hall–Kier alpha value is -1.19. The van der Waals surface area contributed by atoms with Crippen LogP contribution >= 0.6 is 0 Å². The highest BCUT2D eigenvalue weighted by Crippen LogP contribution is 2.23. The third-order valence-corrected chi connectivity index (χ3v) is 1.80. The molecule has 0 amide bonds. The summed E-state index contributed by atoms with van der Waals surface area (Å²) in [7, 11) is 0. The van der Waals surface area contributed by atoms with Gasteiger partial charge in [0.15, 0.2) is 0 Å². The first-order valence-corrected chi connectivity index (χ1v) is 3.47. The summed E-state index contributed by atoms with van der Waals surface area (Å²) >= 11 is 0. The smallest absolute Gasteiger partial charge is 0.134 e. The molecule has 0 saturated carbocycles. The molecule has 4 heteroatoms. The number of rotatable bonds is 0. The maximum absolute atomic E-state index is 12.8. The van der Waals surface area contributed by atoms with E-state index in [0.717, 1.165) is 0 Å². The van der Waals surface area contributed by atoms with E-state index in [4.69, 9.17) is 0 Å². The van der Waals surface area contributed by atoms with E-state index in [9.17, 15) is 4.39 Å². The second kappa shape index (κ2) is 2.15. The quantitative estimate of drug-likeness (QED) is 0.550. The van der Waals surface area contributed by atoms with Gasteiger partial charge in [-0.25, -0.2) is 14.4 Å². The molecule has 11 heavy (non-hydrogen) atoms. The molecule has 2 atom stereocenters. The van der Waals surface area contributed by atoms with Gasteiger partial charge in [0.25, 0.3) is 0 Å². The summed E-state index contributed by atoms with van der Waals surface area (Å²) in [5.41, 5.74) is 0. The monoisotopic (exact) mass is 153 g/mol. The SMILES string of the molecule is CC1=NC2NC=C(F)C2C=N1. The fourth-order valence-electron chi connectivity index (χ4n) is 1.21. The highest BCUT2D eigenvalue weighted by molar-refractivity contribution is 5.91. The van der Waals surface area contributed by atoms with Crippen LogP contribution in [0.5, 0.6) is 0 Å². The van der Waals surface area contributed by atoms with Gasteiger partial charge >= 0.3 is 0 Å². The van der Waals surface area contributed by atoms with Gasteiger partial charge in [0.1, 0.15) is 17.8 Å². The molecular formula is C7H8FN3. The first kappa shape index (κ1) is 6.52. The van der Waals surface area contributed by atoms with Gasteiger partial charge in [-0.2, -0.15) is 0 Å². The van der Waals surface area contributed by atoms with Crippen molar-refractivity contribution >= 4 is 12.1 Å². The van der Waals surface area contributed by atoms with Crippen molar-refractivity contribution in [2.75, 3.05) is 0 Å². The van der Waals surface area contributed by atoms with E-state index in [0.29, 0.717) is 5.84 Å². The Morgan fingerprint density at radius 1 is 1.64 bits per heavy atom. The van der Waals surface area contributed by atoms with Crippen LogP contribution in [0, 0.1) is 5.92 Å². The van der Waals surface area contributed by atoms with E-state index < -0.39 is 0 Å². The van der Waals surface area contributed by atoms with Gasteiger partial charge in [0.05, 0.1) is 5.92 Å². The minimum absolute atomic E-state index is 0.160. The summed E-state index contributed by atoms with van der Waals surface area (Å²) in [6.45, 7) is 1.80. The Balaban J connectivity index is 2.27. The van der Waals surface area contributed by atoms with Crippen LogP contribution < -0.4 is 5.32 Å². The Bertz CT molecular complexity index is 267. The number of halogens is 1. The molecule has 0 fully saturated rings. The third-order valence-electron chi connectivity index (χ3n) is 1.80. The molecule has 0 saturated heterocycles. The predicted octanol–water partition coefficient (Wildman–Crippen LogP) is 0.846. The topological polar surface area (TPSA) is 36.8 Å². The fraction of sp³-hybridized carbons (Fsp3) is 0.429. The summed E-state index contributed by atoms with van der Waals surface area (Å²) < 4.78 is 12.8. The van der Waals surface area contributed by atoms with E-state index in [1.165, 1.54) is 6.20 Å². The van der Waals surface area contributed by atoms with Gasteiger partial charge in [-0.05, 0) is 6.92 Å². The van der Waals surface area contributed by atoms with Crippen molar-refractivity contribution in [2.24, 2.45) is 15.9 Å². The van der Waals surface area contributed by atoms with Gasteiger partial charge in [-0.15, -0.1) is 0 Å². The number of hydrogen-bond acceptors (Lipinski definition) is 3. The van der Waals surface area contributed by atoms with Crippen molar-refractivity contribution in [2.45, 2.75) is 13.1 Å². The summed E-state index contributed by atoms with van der Waals surface area (Å²) in [5.74, 6) is 0.232. The lowest BCUT2D eigenvalue weighted by atomic mass is 10.1. The van der Waals surface area contributed by atoms with E-state index in [-0.39, 0.29) is 17.9 Å². The molecule has 0 spiro atoms. The van der Waals surface area contributed by atoms with Crippen molar-refractivity contribution in [1.29, 1.82) is 0 Å². The second-order valence-corrected chi connectivity index (χ2v) is 2.62. The summed E-state index contributed by atoms with van der Waals surface area (Å²) in [5, 5.41) is 2.82. The van der Waals surface area contributed by atoms with Crippen LogP contribution in [0.1, 0.15) is 6.92 Å². The molecule has 0 aromatic rings. The van der Waals surface area contributed by atoms with Gasteiger partial charge in [-0.3, -0.25) is 0 Å². The normalized spacial score (nSPS) is 34.0. The van der Waals surface area contributed by atoms with Crippen LogP contribution in [0.2, 0.25) is 0 Å². The van der Waals surface area contributed by atoms with Gasteiger partial charge in [-0.1, -0.05) is 0 Å². The molecule has 1 N–H and O–H groups in total. The predicted molar refractivity (Wildman–Crippen MR) is 41.2 cm³/mol. The number of amidine groups is 1. The first-order valence-electron chi connectivity index (χ1n) is 3.47. The fourth-order valence-corrected chi connectivity index (χ4v) is 1.21. The summed E-state index contributed by atoms with van der Waals surface area (Å²) in [4.78, 5) is 8.04. The Kier molecular flexibility index (Phi) is 1.27. The first-order chi connectivity index (χ1) is 5.27. The largest absolute Gasteiger partial charge is 0.367 e. The van der Waals surface area contributed by atoms with Crippen LogP contribution in [-0.2, 0) is 0 Å². The number of nitrogens with zero attached hydrogens (tertiary/aromatic N) is 2. The Morgan fingerprint density at radius 3 is 3.27 bits per heavy atom. The van der Waals surface area contributed by atoms with Crippen molar-refractivity contribution < 1.29 is 4.39 Å². The second-order valence-electron chi connectivity index (χ2n) is 2.62. The molecule has 3 nitrogen and oxygen atoms in total. The average Bonchev–Trinajstić information content (AvgIpc) is 2.32.